The molecule has 9 aromatic carbocycles. The smallest absolute Gasteiger partial charge is 0.338 e. The van der Waals surface area contributed by atoms with Gasteiger partial charge in [0.15, 0.2) is 0 Å². The molecule has 0 aromatic heterocycles. The van der Waals surface area contributed by atoms with Crippen LogP contribution in [0.5, 0.6) is 63.2 Å². The maximum Gasteiger partial charge on any atom is 0.338 e. The molecule has 3 aliphatic heterocycles. The van der Waals surface area contributed by atoms with Gasteiger partial charge in [0, 0.05) is 86.0 Å². The van der Waals surface area contributed by atoms with Crippen LogP contribution in [0.15, 0.2) is 170 Å². The number of halogens is 3. The Morgan fingerprint density at radius 1 is 0.437 bits per heavy atom. The normalized spacial score (nSPS) is 17.9. The van der Waals surface area contributed by atoms with Crippen LogP contribution in [-0.4, -0.2) is 81.2 Å². The largest absolute Gasteiger partial charge is 0.508 e. The van der Waals surface area contributed by atoms with Crippen molar-refractivity contribution in [1.82, 2.24) is 0 Å². The summed E-state index contributed by atoms with van der Waals surface area (Å²) >= 11 is 0. The Balaban J connectivity index is 0.000000141. The second-order valence-corrected chi connectivity index (χ2v) is 25.4. The fraction of sp³-hybridized carbons (Fsp3) is 0.272. The van der Waals surface area contributed by atoms with Gasteiger partial charge in [-0.2, -0.15) is 0 Å². The minimum Gasteiger partial charge on any atom is -0.508 e. The molecule has 6 aliphatic rings. The zero-order chi connectivity index (χ0) is 71.8. The summed E-state index contributed by atoms with van der Waals surface area (Å²) in [5, 5.41) is 19.0. The average Bonchev–Trinajstić information content (AvgIpc) is 1.67. The molecule has 6 atom stereocenters. The van der Waals surface area contributed by atoms with Gasteiger partial charge in [-0.15, -0.1) is 0 Å². The Morgan fingerprint density at radius 2 is 0.806 bits per heavy atom. The number of ether oxygens (including phenoxy) is 12. The van der Waals surface area contributed by atoms with Gasteiger partial charge in [0.25, 0.3) is 0 Å². The SMILES string of the molecule is COC(=O)C[C@@H]1COc2cc(O[C@@H]3CCc4c(O)ccc(F)c43)ccc21.COC(=O)C[C@@H]1COc2cc(O[C@@H]3CCc4c(Oc5ccc(C(=O)O)cc5)ccc(F)c43)ccc21.COC(=O)C[C@@H]1COc2cc(O[C@@H]3CCc4c(Oc5ccc(C(=O)OCc6ccccc6)cc5)ccc(F)c43)ccc21. The number of hydrogen-bond acceptors (Lipinski definition) is 18. The number of aromatic carboxylic acids is 1. The fourth-order valence-electron chi connectivity index (χ4n) is 13.7. The van der Waals surface area contributed by atoms with Crippen LogP contribution in [0.1, 0.15) is 151 Å². The lowest BCUT2D eigenvalue weighted by Gasteiger charge is -2.17. The van der Waals surface area contributed by atoms with Gasteiger partial charge >= 0.3 is 29.8 Å². The molecular formula is C81H71F3O19. The van der Waals surface area contributed by atoms with E-state index >= 15 is 4.39 Å². The number of phenolic OH excluding ortho intramolecular Hbond substituents is 1. The number of carboxylic acids is 1. The lowest BCUT2D eigenvalue weighted by Crippen LogP contribution is -2.09. The van der Waals surface area contributed by atoms with Crippen molar-refractivity contribution in [2.75, 3.05) is 41.2 Å². The van der Waals surface area contributed by atoms with E-state index in [-0.39, 0.29) is 90.3 Å². The zero-order valence-corrected chi connectivity index (χ0v) is 56.3. The van der Waals surface area contributed by atoms with Gasteiger partial charge in [-0.05, 0) is 147 Å². The van der Waals surface area contributed by atoms with Crippen molar-refractivity contribution in [3.8, 4) is 63.2 Å². The first-order valence-corrected chi connectivity index (χ1v) is 33.6. The van der Waals surface area contributed by atoms with Crippen molar-refractivity contribution in [3.63, 3.8) is 0 Å². The van der Waals surface area contributed by atoms with E-state index in [1.807, 2.05) is 54.6 Å². The van der Waals surface area contributed by atoms with Crippen molar-refractivity contribution >= 4 is 29.8 Å². The number of fused-ring (bicyclic) bond motifs is 6. The first-order chi connectivity index (χ1) is 50.0. The van der Waals surface area contributed by atoms with E-state index in [1.54, 1.807) is 78.9 Å². The van der Waals surface area contributed by atoms with E-state index in [2.05, 4.69) is 0 Å². The molecule has 0 unspecified atom stereocenters. The predicted molar refractivity (Wildman–Crippen MR) is 365 cm³/mol. The van der Waals surface area contributed by atoms with Crippen LogP contribution in [0.25, 0.3) is 0 Å². The van der Waals surface area contributed by atoms with Crippen molar-refractivity contribution in [1.29, 1.82) is 0 Å². The number of phenols is 1. The number of rotatable bonds is 20. The number of methoxy groups -OCH3 is 3. The molecule has 530 valence electrons. The molecule has 0 radical (unpaired) electrons. The summed E-state index contributed by atoms with van der Waals surface area (Å²) < 4.78 is 111. The molecule has 0 spiro atoms. The van der Waals surface area contributed by atoms with Crippen LogP contribution >= 0.6 is 0 Å². The Morgan fingerprint density at radius 3 is 1.20 bits per heavy atom. The minimum atomic E-state index is -1.02. The van der Waals surface area contributed by atoms with Crippen LogP contribution < -0.4 is 37.9 Å². The Hall–Kier alpha value is -11.7. The molecule has 19 nitrogen and oxygen atoms in total. The maximum atomic E-state index is 15.1. The molecule has 3 heterocycles. The summed E-state index contributed by atoms with van der Waals surface area (Å²) in [6.07, 6.45) is 2.83. The van der Waals surface area contributed by atoms with E-state index in [1.165, 1.54) is 57.7 Å². The lowest BCUT2D eigenvalue weighted by atomic mass is 9.98. The molecular weight excluding hydrogens is 1330 g/mol. The third-order valence-corrected chi connectivity index (χ3v) is 18.9. The molecule has 103 heavy (non-hydrogen) atoms. The molecule has 0 fully saturated rings. The Labute approximate surface area is 590 Å². The third kappa shape index (κ3) is 15.8. The van der Waals surface area contributed by atoms with Crippen LogP contribution in [0.3, 0.4) is 0 Å². The molecule has 0 amide bonds. The molecule has 0 bridgehead atoms. The number of carbonyl (C=O) groups excluding carboxylic acids is 4. The van der Waals surface area contributed by atoms with Crippen LogP contribution in [0.2, 0.25) is 0 Å². The Kier molecular flexibility index (Phi) is 21.0. The summed E-state index contributed by atoms with van der Waals surface area (Å²) in [5.41, 5.74) is 7.72. The van der Waals surface area contributed by atoms with Gasteiger partial charge in [0.1, 0.15) is 106 Å². The second kappa shape index (κ2) is 31.1. The molecule has 2 N–H and O–H groups in total. The van der Waals surface area contributed by atoms with Gasteiger partial charge in [-0.25, -0.2) is 22.8 Å². The summed E-state index contributed by atoms with van der Waals surface area (Å²) in [7, 11) is 4.10. The molecule has 22 heteroatoms. The summed E-state index contributed by atoms with van der Waals surface area (Å²) in [5.74, 6) is 2.25. The number of aromatic hydroxyl groups is 1. The quantitative estimate of drug-likeness (QED) is 0.0533. The summed E-state index contributed by atoms with van der Waals surface area (Å²) in [6, 6.07) is 47.1. The number of hydrogen-bond donors (Lipinski definition) is 2. The maximum absolute atomic E-state index is 15.1. The second-order valence-electron chi connectivity index (χ2n) is 25.4. The monoisotopic (exact) mass is 1400 g/mol. The van der Waals surface area contributed by atoms with Crippen molar-refractivity contribution in [3.05, 3.63) is 254 Å². The molecule has 0 saturated heterocycles. The number of esters is 4. The summed E-state index contributed by atoms with van der Waals surface area (Å²) in [6.45, 7) is 1.40. The molecule has 15 rings (SSSR count). The molecule has 9 aromatic rings. The van der Waals surface area contributed by atoms with Crippen LogP contribution in [0, 0.1) is 17.5 Å². The number of benzene rings is 9. The van der Waals surface area contributed by atoms with Gasteiger partial charge in [0.2, 0.25) is 0 Å². The third-order valence-electron chi connectivity index (χ3n) is 18.9. The average molecular weight is 1410 g/mol. The topological polar surface area (TPSA) is 237 Å². The Bertz CT molecular complexity index is 4660. The van der Waals surface area contributed by atoms with Crippen molar-refractivity contribution < 1.29 is 104 Å². The van der Waals surface area contributed by atoms with Crippen LogP contribution in [-0.2, 0) is 59.2 Å². The van der Waals surface area contributed by atoms with E-state index in [9.17, 15) is 37.9 Å². The minimum absolute atomic E-state index is 0.0342. The molecule has 3 aliphatic carbocycles. The first kappa shape index (κ1) is 69.8. The highest BCUT2D eigenvalue weighted by molar-refractivity contribution is 5.89. The van der Waals surface area contributed by atoms with E-state index in [0.29, 0.717) is 144 Å². The van der Waals surface area contributed by atoms with E-state index in [0.717, 1.165) is 33.4 Å². The van der Waals surface area contributed by atoms with Gasteiger partial charge in [0.05, 0.1) is 71.5 Å². The lowest BCUT2D eigenvalue weighted by molar-refractivity contribution is -0.142. The highest BCUT2D eigenvalue weighted by Crippen LogP contribution is 2.49. The van der Waals surface area contributed by atoms with Gasteiger partial charge in [-0.1, -0.05) is 48.5 Å². The highest BCUT2D eigenvalue weighted by Gasteiger charge is 2.36. The molecule has 0 saturated carbocycles. The number of carbonyl (C=O) groups is 5. The van der Waals surface area contributed by atoms with Crippen molar-refractivity contribution in [2.24, 2.45) is 0 Å². The van der Waals surface area contributed by atoms with Gasteiger partial charge < -0.3 is 67.1 Å². The zero-order valence-electron chi connectivity index (χ0n) is 56.3. The fourth-order valence-corrected chi connectivity index (χ4v) is 13.7. The number of carboxylic acid groups (broad SMARTS) is 1. The highest BCUT2D eigenvalue weighted by atomic mass is 19.1. The predicted octanol–water partition coefficient (Wildman–Crippen LogP) is 16.1. The van der Waals surface area contributed by atoms with E-state index < -0.39 is 30.3 Å². The summed E-state index contributed by atoms with van der Waals surface area (Å²) in [4.78, 5) is 58.4. The van der Waals surface area contributed by atoms with Gasteiger partial charge in [-0.3, -0.25) is 14.4 Å². The van der Waals surface area contributed by atoms with Crippen molar-refractivity contribution in [2.45, 2.75) is 100 Å². The van der Waals surface area contributed by atoms with E-state index in [4.69, 9.17) is 61.9 Å². The van der Waals surface area contributed by atoms with Crippen LogP contribution in [0.4, 0.5) is 13.2 Å². The first-order valence-electron chi connectivity index (χ1n) is 33.6. The standard InChI is InChI=1S/C34H29FO7.C27H23FO7.C20H19FO5/c1-38-32(36)17-23-20-39-31-18-25(11-12-26(23)31)42-30-15-13-27-29(16-14-28(35)33(27)30)41-24-9-7-22(8-10-24)34(37)40-19-21-5-3-2-4-6-21;1-32-25(29)12-16-14-33-24-13-18(6-7-19(16)24)35-23-10-8-20-22(11-9-21(28)26(20)23)34-17-4-2-15(3-5-17)27(30)31;1-24-19(23)8-11-10-25-18-9-12(2-3-13(11)18)26-17-7-4-14-16(22)6-5-15(21)20(14)17/h2-12,14,16,18,23,30H,13,15,17,19-20H2,1H3;2-7,9,11,13,16,23H,8,10,12,14H2,1H3,(H,30,31);2-3,5-6,9,11,17,22H,4,7-8,10H2,1H3/t23-,30-;16-,23-;11-,17-/m111/s1.